The number of pyridine rings is 1. The number of H-pyrrole nitrogens is 1. The summed E-state index contributed by atoms with van der Waals surface area (Å²) >= 11 is 6.25. The second-order valence-corrected chi connectivity index (χ2v) is 22.0. The number of hydrogen-bond acceptors (Lipinski definition) is 12. The van der Waals surface area contributed by atoms with Crippen molar-refractivity contribution in [1.29, 1.82) is 0 Å². The summed E-state index contributed by atoms with van der Waals surface area (Å²) in [7, 11) is -8.10. The fourth-order valence-electron chi connectivity index (χ4n) is 9.16. The molecule has 5 heterocycles. The number of benzene rings is 3. The van der Waals surface area contributed by atoms with Crippen LogP contribution in [0.25, 0.3) is 33.3 Å². The molecule has 1 atom stereocenters. The predicted octanol–water partition coefficient (Wildman–Crippen LogP) is 6.81. The lowest BCUT2D eigenvalue weighted by atomic mass is 9.72. The molecule has 6 aromatic rings. The summed E-state index contributed by atoms with van der Waals surface area (Å²) in [6, 6.07) is 20.0. The molecule has 2 aliphatic heterocycles. The number of carbonyl (C=O) groups is 1. The first-order valence-electron chi connectivity index (χ1n) is 21.4. The van der Waals surface area contributed by atoms with Crippen molar-refractivity contribution in [3.8, 4) is 5.69 Å². The molecule has 3 aliphatic rings. The van der Waals surface area contributed by atoms with Gasteiger partial charge in [-0.05, 0) is 96.8 Å². The number of nitro groups is 1. The van der Waals surface area contributed by atoms with Gasteiger partial charge in [-0.3, -0.25) is 29.6 Å². The Balaban J connectivity index is 0.978. The largest absolute Gasteiger partial charge is 0.375 e. The molecule has 2 saturated heterocycles. The number of sulfonamides is 2. The number of aromatic nitrogens is 4. The van der Waals surface area contributed by atoms with Gasteiger partial charge in [-0.15, -0.1) is 0 Å². The fourth-order valence-corrected chi connectivity index (χ4v) is 11.2. The zero-order chi connectivity index (χ0) is 45.8. The van der Waals surface area contributed by atoms with E-state index in [0.717, 1.165) is 67.3 Å². The van der Waals surface area contributed by atoms with E-state index in [0.29, 0.717) is 41.9 Å². The van der Waals surface area contributed by atoms with Crippen molar-refractivity contribution in [3.63, 3.8) is 0 Å². The minimum absolute atomic E-state index is 0.0231. The first-order chi connectivity index (χ1) is 30.9. The molecule has 0 saturated carbocycles. The van der Waals surface area contributed by atoms with Crippen LogP contribution in [0, 0.1) is 15.5 Å². The monoisotopic (exact) mass is 940 g/mol. The van der Waals surface area contributed by atoms with Gasteiger partial charge in [0, 0.05) is 86.4 Å². The lowest BCUT2D eigenvalue weighted by Gasteiger charge is -2.39. The number of carbonyl (C=O) groups excluding carboxylic acids is 1. The van der Waals surface area contributed by atoms with E-state index in [-0.39, 0.29) is 29.8 Å². The average molecular weight is 942 g/mol. The van der Waals surface area contributed by atoms with Gasteiger partial charge in [-0.25, -0.2) is 35.8 Å². The number of rotatable bonds is 12. The number of hydrogen-bond donors (Lipinski definition) is 3. The van der Waals surface area contributed by atoms with Gasteiger partial charge in [-0.2, -0.15) is 0 Å². The highest BCUT2D eigenvalue weighted by Gasteiger charge is 2.33. The maximum absolute atomic E-state index is 14.2. The van der Waals surface area contributed by atoms with Crippen molar-refractivity contribution < 1.29 is 26.6 Å². The Morgan fingerprint density at radius 1 is 0.985 bits per heavy atom. The number of allylic oxidation sites excluding steroid dienone is 1. The van der Waals surface area contributed by atoms with Crippen molar-refractivity contribution in [2.75, 3.05) is 62.3 Å². The van der Waals surface area contributed by atoms with Crippen LogP contribution in [0.2, 0.25) is 5.02 Å². The second-order valence-electron chi connectivity index (χ2n) is 17.9. The number of fused-ring (bicyclic) bond motifs is 2. The van der Waals surface area contributed by atoms with Crippen LogP contribution >= 0.6 is 11.6 Å². The van der Waals surface area contributed by atoms with Gasteiger partial charge in [0.2, 0.25) is 10.0 Å². The number of nitro benzene ring substituents is 1. The van der Waals surface area contributed by atoms with Gasteiger partial charge in [-0.1, -0.05) is 43.2 Å². The standard InChI is InChI=1S/C45H49ClN10O7S2/c1-45(2)15-12-31(37(25-45)29-4-6-32(46)7-5-29)27-52-18-20-53(21-19-52)34-8-10-36(40(23-34)55-41-22-30-13-16-47-43(30)50-39(41)26-48-55)44(57)51-65(62,63)35-9-11-38(42(24-35)56(58)59)49-33-14-17-54(28-33)64(3,60)61/h4-11,13,16,22-24,26,33,48-49H,12,14-15,17-21,25,27-28H2,1-3H3,(H,51,57)/t33-/m0/s1. The summed E-state index contributed by atoms with van der Waals surface area (Å²) in [4.78, 5) is 38.9. The van der Waals surface area contributed by atoms with Gasteiger partial charge < -0.3 is 10.2 Å². The highest BCUT2D eigenvalue weighted by atomic mass is 35.5. The lowest BCUT2D eigenvalue weighted by molar-refractivity contribution is -0.384. The average Bonchev–Trinajstić information content (AvgIpc) is 4.04. The minimum atomic E-state index is -4.65. The van der Waals surface area contributed by atoms with Crippen molar-refractivity contribution in [2.45, 2.75) is 50.5 Å². The summed E-state index contributed by atoms with van der Waals surface area (Å²) in [5.41, 5.74) is 6.75. The zero-order valence-corrected chi connectivity index (χ0v) is 38.5. The zero-order valence-electron chi connectivity index (χ0n) is 36.1. The maximum atomic E-state index is 14.2. The van der Waals surface area contributed by atoms with E-state index in [1.807, 2.05) is 30.3 Å². The Labute approximate surface area is 381 Å². The Morgan fingerprint density at radius 2 is 1.75 bits per heavy atom. The van der Waals surface area contributed by atoms with Crippen LogP contribution in [-0.2, 0) is 20.0 Å². The van der Waals surface area contributed by atoms with Crippen LogP contribution in [-0.4, -0.2) is 115 Å². The van der Waals surface area contributed by atoms with Gasteiger partial charge in [0.15, 0.2) is 5.65 Å². The normalized spacial score (nSPS) is 18.7. The minimum Gasteiger partial charge on any atom is -0.375 e. The van der Waals surface area contributed by atoms with Crippen LogP contribution in [0.4, 0.5) is 17.1 Å². The highest BCUT2D eigenvalue weighted by molar-refractivity contribution is 7.90. The number of nitrogens with zero attached hydrogens (tertiary/aromatic N) is 7. The third-order valence-corrected chi connectivity index (χ3v) is 15.6. The van der Waals surface area contributed by atoms with E-state index < -0.39 is 47.5 Å². The smallest absolute Gasteiger partial charge is 0.293 e. The van der Waals surface area contributed by atoms with Gasteiger partial charge in [0.25, 0.3) is 21.6 Å². The van der Waals surface area contributed by atoms with Crippen molar-refractivity contribution in [3.05, 3.63) is 117 Å². The molecule has 3 aromatic heterocycles. The topological polar surface area (TPSA) is 209 Å². The quantitative estimate of drug-likeness (QED) is 0.0854. The van der Waals surface area contributed by atoms with E-state index in [2.05, 4.69) is 60.9 Å². The molecule has 20 heteroatoms. The number of anilines is 2. The van der Waals surface area contributed by atoms with E-state index >= 15 is 0 Å². The van der Waals surface area contributed by atoms with Gasteiger partial charge in [0.1, 0.15) is 11.2 Å². The molecule has 17 nitrogen and oxygen atoms in total. The van der Waals surface area contributed by atoms with Crippen molar-refractivity contribution in [1.82, 2.24) is 33.7 Å². The summed E-state index contributed by atoms with van der Waals surface area (Å²) < 4.78 is 56.9. The molecular formula is C45H49ClN10O7S2. The molecule has 2 fully saturated rings. The van der Waals surface area contributed by atoms with Gasteiger partial charge >= 0.3 is 0 Å². The molecule has 1 aliphatic carbocycles. The van der Waals surface area contributed by atoms with Crippen LogP contribution < -0.4 is 14.9 Å². The Hall–Kier alpha value is -5.86. The van der Waals surface area contributed by atoms with Crippen molar-refractivity contribution in [2.24, 2.45) is 5.41 Å². The number of piperazine rings is 1. The van der Waals surface area contributed by atoms with Gasteiger partial charge in [0.05, 0.1) is 32.8 Å². The predicted molar refractivity (Wildman–Crippen MR) is 252 cm³/mol. The van der Waals surface area contributed by atoms with Crippen molar-refractivity contribution >= 4 is 82.3 Å². The van der Waals surface area contributed by atoms with E-state index in [9.17, 15) is 31.7 Å². The molecule has 9 rings (SSSR count). The first kappa shape index (κ1) is 44.3. The molecule has 0 unspecified atom stereocenters. The molecular weight excluding hydrogens is 892 g/mol. The third-order valence-electron chi connectivity index (χ3n) is 12.7. The molecule has 3 aromatic carbocycles. The molecule has 0 spiro atoms. The fraction of sp³-hybridized carbons (Fsp3) is 0.356. The second kappa shape index (κ2) is 17.2. The Kier molecular flexibility index (Phi) is 11.7. The van der Waals surface area contributed by atoms with Crippen LogP contribution in [0.5, 0.6) is 0 Å². The molecule has 1 amide bonds. The SMILES string of the molecule is CC1(C)CCC(CN2CCN(c3ccc(C(=O)NS(=O)(=O)c4ccc(N[C@H]5CCN(S(C)(=O)=O)C5)c([N+](=O)[O-])c4)c(-n4[nH]cc5nc6nccc6cc54)c3)CC2)=C(c2ccc(Cl)cc2)C1. The van der Waals surface area contributed by atoms with Crippen LogP contribution in [0.15, 0.2) is 95.7 Å². The first-order valence-corrected chi connectivity index (χ1v) is 25.1. The Bertz CT molecular complexity index is 3110. The molecule has 65 heavy (non-hydrogen) atoms. The molecule has 0 radical (unpaired) electrons. The molecule has 3 N–H and O–H groups in total. The number of halogens is 1. The van der Waals surface area contributed by atoms with E-state index in [1.165, 1.54) is 33.1 Å². The summed E-state index contributed by atoms with van der Waals surface area (Å²) in [6.45, 7) is 8.92. The number of amides is 1. The maximum Gasteiger partial charge on any atom is 0.293 e. The Morgan fingerprint density at radius 3 is 2.48 bits per heavy atom. The van der Waals surface area contributed by atoms with E-state index in [1.54, 1.807) is 29.2 Å². The summed E-state index contributed by atoms with van der Waals surface area (Å²) in [5, 5.41) is 19.9. The molecule has 0 bridgehead atoms. The number of aromatic amines is 1. The van der Waals surface area contributed by atoms with Crippen LogP contribution in [0.3, 0.4) is 0 Å². The number of nitrogens with one attached hydrogen (secondary N) is 3. The third kappa shape index (κ3) is 9.33. The summed E-state index contributed by atoms with van der Waals surface area (Å²) in [5.74, 6) is -0.951. The highest BCUT2D eigenvalue weighted by Crippen LogP contribution is 2.43. The van der Waals surface area contributed by atoms with Crippen LogP contribution in [0.1, 0.15) is 55.5 Å². The lowest BCUT2D eigenvalue weighted by Crippen LogP contribution is -2.47. The molecule has 340 valence electrons. The summed E-state index contributed by atoms with van der Waals surface area (Å²) in [6.07, 6.45) is 8.00. The van der Waals surface area contributed by atoms with E-state index in [4.69, 9.17) is 11.6 Å².